The molecule has 2 aromatic carbocycles. The number of amides is 1. The van der Waals surface area contributed by atoms with Crippen molar-refractivity contribution in [3.05, 3.63) is 52.6 Å². The zero-order chi connectivity index (χ0) is 19.1. The van der Waals surface area contributed by atoms with E-state index in [4.69, 9.17) is 9.47 Å². The molecule has 0 saturated carbocycles. The number of hydrogen-bond donors (Lipinski definition) is 2. The maximum absolute atomic E-state index is 12.4. The summed E-state index contributed by atoms with van der Waals surface area (Å²) < 4.78 is 10.5. The molecule has 26 heavy (non-hydrogen) atoms. The van der Waals surface area contributed by atoms with E-state index < -0.39 is 11.0 Å². The molecule has 0 unspecified atom stereocenters. The van der Waals surface area contributed by atoms with Crippen LogP contribution >= 0.6 is 0 Å². The van der Waals surface area contributed by atoms with Gasteiger partial charge in [-0.3, -0.25) is 14.9 Å². The smallest absolute Gasteiger partial charge is 0.271 e. The predicted octanol–water partition coefficient (Wildman–Crippen LogP) is 3.44. The molecule has 8 nitrogen and oxygen atoms in total. The molecule has 138 valence electrons. The van der Waals surface area contributed by atoms with Crippen LogP contribution in [-0.4, -0.2) is 30.6 Å². The Balaban J connectivity index is 2.06. The van der Waals surface area contributed by atoms with Crippen molar-refractivity contribution in [2.75, 3.05) is 24.4 Å². The van der Waals surface area contributed by atoms with Gasteiger partial charge in [0.1, 0.15) is 17.5 Å². The number of carbonyl (C=O) groups is 1. The average molecular weight is 359 g/mol. The number of ether oxygens (including phenoxy) is 2. The van der Waals surface area contributed by atoms with Crippen LogP contribution < -0.4 is 20.1 Å². The summed E-state index contributed by atoms with van der Waals surface area (Å²) in [7, 11) is 1.43. The fourth-order valence-corrected chi connectivity index (χ4v) is 2.28. The standard InChI is InChI=1S/C18H21N3O5/c1-4-26-15-8-5-13(6-9-15)19-12(2)18(22)20-16-11-14(21(23)24)7-10-17(16)25-3/h5-12,19H,4H2,1-3H3,(H,20,22)/t12-/m1/s1. The SMILES string of the molecule is CCOc1ccc(N[C@H](C)C(=O)Nc2cc([N+](=O)[O-])ccc2OC)cc1. The molecule has 0 fully saturated rings. The molecule has 0 aliphatic carbocycles. The van der Waals surface area contributed by atoms with Gasteiger partial charge in [0, 0.05) is 17.8 Å². The third-order valence-corrected chi connectivity index (χ3v) is 3.59. The molecule has 2 N–H and O–H groups in total. The Morgan fingerprint density at radius 1 is 1.23 bits per heavy atom. The van der Waals surface area contributed by atoms with Crippen LogP contribution in [0.1, 0.15) is 13.8 Å². The zero-order valence-electron chi connectivity index (χ0n) is 14.8. The van der Waals surface area contributed by atoms with Gasteiger partial charge in [0.05, 0.1) is 24.3 Å². The zero-order valence-corrected chi connectivity index (χ0v) is 14.8. The molecule has 0 bridgehead atoms. The second-order valence-corrected chi connectivity index (χ2v) is 5.45. The van der Waals surface area contributed by atoms with Crippen LogP contribution in [0.2, 0.25) is 0 Å². The molecular formula is C18H21N3O5. The van der Waals surface area contributed by atoms with Crippen LogP contribution in [0.25, 0.3) is 0 Å². The number of non-ortho nitro benzene ring substituents is 1. The van der Waals surface area contributed by atoms with E-state index >= 15 is 0 Å². The molecule has 0 heterocycles. The van der Waals surface area contributed by atoms with Gasteiger partial charge in [0.25, 0.3) is 5.69 Å². The van der Waals surface area contributed by atoms with Crippen LogP contribution in [-0.2, 0) is 4.79 Å². The van der Waals surface area contributed by atoms with Crippen LogP contribution in [0, 0.1) is 10.1 Å². The number of methoxy groups -OCH3 is 1. The summed E-state index contributed by atoms with van der Waals surface area (Å²) in [6.07, 6.45) is 0. The van der Waals surface area contributed by atoms with E-state index in [-0.39, 0.29) is 17.3 Å². The molecule has 1 atom stereocenters. The van der Waals surface area contributed by atoms with Gasteiger partial charge in [-0.05, 0) is 44.2 Å². The Kier molecular flexibility index (Phi) is 6.37. The second kappa shape index (κ2) is 8.70. The maximum atomic E-state index is 12.4. The van der Waals surface area contributed by atoms with Crippen molar-refractivity contribution in [3.63, 3.8) is 0 Å². The van der Waals surface area contributed by atoms with Gasteiger partial charge in [-0.15, -0.1) is 0 Å². The van der Waals surface area contributed by atoms with Crippen LogP contribution in [0.15, 0.2) is 42.5 Å². The van der Waals surface area contributed by atoms with Gasteiger partial charge < -0.3 is 20.1 Å². The fourth-order valence-electron chi connectivity index (χ4n) is 2.28. The summed E-state index contributed by atoms with van der Waals surface area (Å²) in [5, 5.41) is 16.6. The lowest BCUT2D eigenvalue weighted by Crippen LogP contribution is -2.32. The van der Waals surface area contributed by atoms with Crippen molar-refractivity contribution in [2.24, 2.45) is 0 Å². The average Bonchev–Trinajstić information content (AvgIpc) is 2.63. The third kappa shape index (κ3) is 4.85. The lowest BCUT2D eigenvalue weighted by molar-refractivity contribution is -0.384. The van der Waals surface area contributed by atoms with Crippen molar-refractivity contribution < 1.29 is 19.2 Å². The van der Waals surface area contributed by atoms with Gasteiger partial charge in [-0.25, -0.2) is 0 Å². The minimum atomic E-state index is -0.572. The van der Waals surface area contributed by atoms with E-state index in [2.05, 4.69) is 10.6 Å². The fraction of sp³-hybridized carbons (Fsp3) is 0.278. The first-order chi connectivity index (χ1) is 12.4. The molecule has 2 aromatic rings. The Morgan fingerprint density at radius 2 is 1.92 bits per heavy atom. The molecule has 0 aromatic heterocycles. The number of nitrogens with zero attached hydrogens (tertiary/aromatic N) is 1. The number of nitro benzene ring substituents is 1. The van der Waals surface area contributed by atoms with Crippen LogP contribution in [0.4, 0.5) is 17.1 Å². The highest BCUT2D eigenvalue weighted by Crippen LogP contribution is 2.29. The van der Waals surface area contributed by atoms with Crippen molar-refractivity contribution in [1.82, 2.24) is 0 Å². The first-order valence-corrected chi connectivity index (χ1v) is 8.07. The summed E-state index contributed by atoms with van der Waals surface area (Å²) in [6.45, 7) is 4.17. The molecule has 0 aliphatic heterocycles. The highest BCUT2D eigenvalue weighted by Gasteiger charge is 2.17. The number of nitro groups is 1. The largest absolute Gasteiger partial charge is 0.495 e. The van der Waals surface area contributed by atoms with Gasteiger partial charge in [0.2, 0.25) is 5.91 Å². The number of hydrogen-bond acceptors (Lipinski definition) is 6. The molecule has 0 spiro atoms. The lowest BCUT2D eigenvalue weighted by Gasteiger charge is -2.17. The number of nitrogens with one attached hydrogen (secondary N) is 2. The summed E-state index contributed by atoms with van der Waals surface area (Å²) in [5.41, 5.74) is 0.863. The van der Waals surface area contributed by atoms with Gasteiger partial charge in [-0.1, -0.05) is 0 Å². The number of anilines is 2. The second-order valence-electron chi connectivity index (χ2n) is 5.45. The van der Waals surface area contributed by atoms with E-state index in [1.807, 2.05) is 19.1 Å². The van der Waals surface area contributed by atoms with Crippen LogP contribution in [0.3, 0.4) is 0 Å². The van der Waals surface area contributed by atoms with Crippen LogP contribution in [0.5, 0.6) is 11.5 Å². The summed E-state index contributed by atoms with van der Waals surface area (Å²) in [6, 6.07) is 10.7. The van der Waals surface area contributed by atoms with E-state index in [1.54, 1.807) is 19.1 Å². The molecule has 0 aliphatic rings. The molecule has 0 saturated heterocycles. The number of benzene rings is 2. The Morgan fingerprint density at radius 3 is 2.50 bits per heavy atom. The van der Waals surface area contributed by atoms with E-state index in [0.29, 0.717) is 12.4 Å². The Labute approximate surface area is 151 Å². The first-order valence-electron chi connectivity index (χ1n) is 8.07. The Bertz CT molecular complexity index is 777. The monoisotopic (exact) mass is 359 g/mol. The third-order valence-electron chi connectivity index (χ3n) is 3.59. The van der Waals surface area contributed by atoms with E-state index in [9.17, 15) is 14.9 Å². The van der Waals surface area contributed by atoms with Crippen molar-refractivity contribution in [2.45, 2.75) is 19.9 Å². The summed E-state index contributed by atoms with van der Waals surface area (Å²) >= 11 is 0. The molecule has 0 radical (unpaired) electrons. The number of carbonyl (C=O) groups excluding carboxylic acids is 1. The Hall–Kier alpha value is -3.29. The summed E-state index contributed by atoms with van der Waals surface area (Å²) in [4.78, 5) is 22.8. The lowest BCUT2D eigenvalue weighted by atomic mass is 10.2. The first kappa shape index (κ1) is 19.0. The van der Waals surface area contributed by atoms with Crippen molar-refractivity contribution >= 4 is 23.0 Å². The minimum Gasteiger partial charge on any atom is -0.495 e. The highest BCUT2D eigenvalue weighted by atomic mass is 16.6. The number of rotatable bonds is 8. The molecule has 1 amide bonds. The molecule has 8 heteroatoms. The normalized spacial score (nSPS) is 11.3. The quantitative estimate of drug-likeness (QED) is 0.553. The van der Waals surface area contributed by atoms with Gasteiger partial charge >= 0.3 is 0 Å². The molecule has 2 rings (SSSR count). The van der Waals surface area contributed by atoms with E-state index in [1.165, 1.54) is 25.3 Å². The highest BCUT2D eigenvalue weighted by molar-refractivity contribution is 5.97. The van der Waals surface area contributed by atoms with Gasteiger partial charge in [-0.2, -0.15) is 0 Å². The topological polar surface area (TPSA) is 103 Å². The predicted molar refractivity (Wildman–Crippen MR) is 99.0 cm³/mol. The summed E-state index contributed by atoms with van der Waals surface area (Å²) in [5.74, 6) is 0.742. The van der Waals surface area contributed by atoms with Gasteiger partial charge in [0.15, 0.2) is 0 Å². The molecular weight excluding hydrogens is 338 g/mol. The van der Waals surface area contributed by atoms with Crippen molar-refractivity contribution in [3.8, 4) is 11.5 Å². The maximum Gasteiger partial charge on any atom is 0.271 e. The minimum absolute atomic E-state index is 0.131. The van der Waals surface area contributed by atoms with E-state index in [0.717, 1.165) is 11.4 Å². The van der Waals surface area contributed by atoms with Crippen molar-refractivity contribution in [1.29, 1.82) is 0 Å².